The highest BCUT2D eigenvalue weighted by atomic mass is 19.1. The number of aryl methyl sites for hydroxylation is 1. The van der Waals surface area contributed by atoms with Crippen molar-refractivity contribution < 1.29 is 4.39 Å². The maximum atomic E-state index is 13.6. The quantitative estimate of drug-likeness (QED) is 0.512. The van der Waals surface area contributed by atoms with Crippen molar-refractivity contribution in [1.29, 1.82) is 0 Å². The van der Waals surface area contributed by atoms with Gasteiger partial charge in [0.25, 0.3) is 0 Å². The summed E-state index contributed by atoms with van der Waals surface area (Å²) < 4.78 is 13.6. The lowest BCUT2D eigenvalue weighted by atomic mass is 10.4. The number of hydrogen-bond acceptors (Lipinski definition) is 5. The van der Waals surface area contributed by atoms with Gasteiger partial charge >= 0.3 is 0 Å². The van der Waals surface area contributed by atoms with Gasteiger partial charge in [-0.15, -0.1) is 0 Å². The molecule has 0 radical (unpaired) electrons. The molecule has 5 nitrogen and oxygen atoms in total. The molecule has 0 spiro atoms. The van der Waals surface area contributed by atoms with Crippen molar-refractivity contribution in [2.45, 2.75) is 32.2 Å². The Kier molecular flexibility index (Phi) is 2.68. The van der Waals surface area contributed by atoms with Crippen molar-refractivity contribution >= 4 is 11.6 Å². The first-order chi connectivity index (χ1) is 7.24. The smallest absolute Gasteiger partial charge is 0.208 e. The van der Waals surface area contributed by atoms with Crippen molar-refractivity contribution in [2.24, 2.45) is 5.84 Å². The number of hydrogen-bond donors (Lipinski definition) is 3. The van der Waals surface area contributed by atoms with Crippen LogP contribution in [0.5, 0.6) is 0 Å². The summed E-state index contributed by atoms with van der Waals surface area (Å²) in [4.78, 5) is 8.02. The Morgan fingerprint density at radius 1 is 1.40 bits per heavy atom. The minimum Gasteiger partial charge on any atom is -0.365 e. The van der Waals surface area contributed by atoms with Gasteiger partial charge in [-0.3, -0.25) is 0 Å². The molecular weight excluding hydrogens is 197 g/mol. The van der Waals surface area contributed by atoms with Crippen molar-refractivity contribution in [3.05, 3.63) is 11.6 Å². The zero-order valence-electron chi connectivity index (χ0n) is 8.55. The Morgan fingerprint density at radius 2 is 2.07 bits per heavy atom. The Hall–Kier alpha value is -1.43. The summed E-state index contributed by atoms with van der Waals surface area (Å²) in [5.74, 6) is 5.54. The van der Waals surface area contributed by atoms with Crippen LogP contribution in [0.15, 0.2) is 0 Å². The van der Waals surface area contributed by atoms with Gasteiger partial charge in [0.2, 0.25) is 5.82 Å². The zero-order valence-corrected chi connectivity index (χ0v) is 8.55. The maximum Gasteiger partial charge on any atom is 0.208 e. The van der Waals surface area contributed by atoms with E-state index in [0.29, 0.717) is 18.3 Å². The van der Waals surface area contributed by atoms with Crippen LogP contribution in [-0.4, -0.2) is 16.0 Å². The van der Waals surface area contributed by atoms with Crippen LogP contribution < -0.4 is 16.6 Å². The molecule has 2 rings (SSSR count). The summed E-state index contributed by atoms with van der Waals surface area (Å²) in [6, 6.07) is 0.352. The van der Waals surface area contributed by atoms with Crippen molar-refractivity contribution in [2.75, 3.05) is 10.7 Å². The van der Waals surface area contributed by atoms with Gasteiger partial charge < -0.3 is 10.7 Å². The minimum absolute atomic E-state index is 0.0463. The van der Waals surface area contributed by atoms with E-state index in [2.05, 4.69) is 20.7 Å². The van der Waals surface area contributed by atoms with Crippen molar-refractivity contribution in [1.82, 2.24) is 9.97 Å². The third-order valence-corrected chi connectivity index (χ3v) is 2.27. The number of anilines is 2. The summed E-state index contributed by atoms with van der Waals surface area (Å²) in [6.07, 6.45) is 2.78. The van der Waals surface area contributed by atoms with Crippen LogP contribution in [0.25, 0.3) is 0 Å². The lowest BCUT2D eigenvalue weighted by Gasteiger charge is -2.09. The van der Waals surface area contributed by atoms with Gasteiger partial charge in [0.05, 0.1) is 0 Å². The molecule has 1 heterocycles. The molecule has 0 aromatic carbocycles. The predicted octanol–water partition coefficient (Wildman–Crippen LogP) is 1.04. The molecule has 1 aromatic heterocycles. The van der Waals surface area contributed by atoms with Gasteiger partial charge in [-0.25, -0.2) is 15.8 Å². The molecule has 82 valence electrons. The van der Waals surface area contributed by atoms with E-state index in [9.17, 15) is 4.39 Å². The van der Waals surface area contributed by atoms with E-state index in [4.69, 9.17) is 5.84 Å². The van der Waals surface area contributed by atoms with E-state index >= 15 is 0 Å². The summed E-state index contributed by atoms with van der Waals surface area (Å²) >= 11 is 0. The lowest BCUT2D eigenvalue weighted by molar-refractivity contribution is 0.616. The SMILES string of the molecule is CCc1nc(NN)c(F)c(NC2CC2)n1. The van der Waals surface area contributed by atoms with Gasteiger partial charge in [-0.05, 0) is 12.8 Å². The zero-order chi connectivity index (χ0) is 10.8. The molecule has 1 fully saturated rings. The predicted molar refractivity (Wildman–Crippen MR) is 55.8 cm³/mol. The largest absolute Gasteiger partial charge is 0.365 e. The summed E-state index contributed by atoms with van der Waals surface area (Å²) in [5.41, 5.74) is 2.24. The first-order valence-corrected chi connectivity index (χ1v) is 5.04. The average Bonchev–Trinajstić information content (AvgIpc) is 3.05. The highest BCUT2D eigenvalue weighted by Crippen LogP contribution is 2.27. The number of nitrogens with one attached hydrogen (secondary N) is 2. The van der Waals surface area contributed by atoms with Gasteiger partial charge in [0.1, 0.15) is 5.82 Å². The number of nitrogens with two attached hydrogens (primary N) is 1. The summed E-state index contributed by atoms with van der Waals surface area (Å²) in [6.45, 7) is 1.91. The van der Waals surface area contributed by atoms with Crippen molar-refractivity contribution in [3.63, 3.8) is 0 Å². The molecule has 4 N–H and O–H groups in total. The van der Waals surface area contributed by atoms with E-state index in [1.165, 1.54) is 0 Å². The molecule has 0 amide bonds. The van der Waals surface area contributed by atoms with Crippen LogP contribution >= 0.6 is 0 Å². The van der Waals surface area contributed by atoms with Gasteiger partial charge in [0.15, 0.2) is 11.6 Å². The number of halogens is 1. The molecular formula is C9H14FN5. The molecule has 15 heavy (non-hydrogen) atoms. The molecule has 0 saturated heterocycles. The molecule has 1 aliphatic rings. The molecule has 1 saturated carbocycles. The second-order valence-electron chi connectivity index (χ2n) is 3.57. The molecule has 0 bridgehead atoms. The first-order valence-electron chi connectivity index (χ1n) is 5.04. The third-order valence-electron chi connectivity index (χ3n) is 2.27. The van der Waals surface area contributed by atoms with E-state index in [1.807, 2.05) is 6.92 Å². The first kappa shape index (κ1) is 10.1. The van der Waals surface area contributed by atoms with Crippen LogP contribution in [-0.2, 0) is 6.42 Å². The Bertz CT molecular complexity index is 364. The number of nitrogen functional groups attached to an aromatic ring is 1. The highest BCUT2D eigenvalue weighted by Gasteiger charge is 2.24. The van der Waals surface area contributed by atoms with Gasteiger partial charge in [-0.2, -0.15) is 4.39 Å². The summed E-state index contributed by atoms with van der Waals surface area (Å²) in [7, 11) is 0. The van der Waals surface area contributed by atoms with E-state index in [0.717, 1.165) is 12.8 Å². The van der Waals surface area contributed by atoms with Crippen molar-refractivity contribution in [3.8, 4) is 0 Å². The maximum absolute atomic E-state index is 13.6. The van der Waals surface area contributed by atoms with Crippen LogP contribution in [0.4, 0.5) is 16.0 Å². The third kappa shape index (κ3) is 2.15. The van der Waals surface area contributed by atoms with E-state index in [-0.39, 0.29) is 11.6 Å². The molecule has 0 aliphatic heterocycles. The Balaban J connectivity index is 2.31. The number of rotatable bonds is 4. The monoisotopic (exact) mass is 211 g/mol. The van der Waals surface area contributed by atoms with Gasteiger partial charge in [0, 0.05) is 12.5 Å². The molecule has 1 aromatic rings. The number of nitrogens with zero attached hydrogens (tertiary/aromatic N) is 2. The number of hydrazine groups is 1. The normalized spacial score (nSPS) is 15.1. The minimum atomic E-state index is -0.512. The fraction of sp³-hybridized carbons (Fsp3) is 0.556. The summed E-state index contributed by atoms with van der Waals surface area (Å²) in [5, 5.41) is 3.01. The Morgan fingerprint density at radius 3 is 2.60 bits per heavy atom. The second-order valence-corrected chi connectivity index (χ2v) is 3.57. The topological polar surface area (TPSA) is 75.9 Å². The molecule has 0 atom stereocenters. The van der Waals surface area contributed by atoms with Crippen LogP contribution in [0.1, 0.15) is 25.6 Å². The standard InChI is InChI=1S/C9H14FN5/c1-2-6-13-8(12-5-3-4-5)7(10)9(14-6)15-11/h5H,2-4,11H2,1H3,(H2,12,13,14,15). The molecule has 6 heteroatoms. The Labute approximate surface area is 87.3 Å². The van der Waals surface area contributed by atoms with Crippen LogP contribution in [0.2, 0.25) is 0 Å². The lowest BCUT2D eigenvalue weighted by Crippen LogP contribution is -2.16. The fourth-order valence-corrected chi connectivity index (χ4v) is 1.26. The molecule has 0 unspecified atom stereocenters. The fourth-order valence-electron chi connectivity index (χ4n) is 1.26. The van der Waals surface area contributed by atoms with E-state index in [1.54, 1.807) is 0 Å². The van der Waals surface area contributed by atoms with Crippen LogP contribution in [0.3, 0.4) is 0 Å². The van der Waals surface area contributed by atoms with Gasteiger partial charge in [-0.1, -0.05) is 6.92 Å². The number of aromatic nitrogens is 2. The van der Waals surface area contributed by atoms with E-state index < -0.39 is 5.82 Å². The highest BCUT2D eigenvalue weighted by molar-refractivity contribution is 5.50. The van der Waals surface area contributed by atoms with Crippen LogP contribution in [0, 0.1) is 5.82 Å². The average molecular weight is 211 g/mol. The molecule has 1 aliphatic carbocycles. The second kappa shape index (κ2) is 3.98.